The molecule has 1 aromatic rings. The minimum absolute atomic E-state index is 0.0572. The zero-order valence-corrected chi connectivity index (χ0v) is 13.2. The van der Waals surface area contributed by atoms with Gasteiger partial charge in [-0.25, -0.2) is 0 Å². The molecule has 2 rings (SSSR count). The first kappa shape index (κ1) is 16.0. The van der Waals surface area contributed by atoms with Crippen LogP contribution in [0.15, 0.2) is 24.3 Å². The van der Waals surface area contributed by atoms with Gasteiger partial charge in [0.05, 0.1) is 18.6 Å². The van der Waals surface area contributed by atoms with Crippen molar-refractivity contribution in [1.29, 1.82) is 0 Å². The first-order valence-corrected chi connectivity index (χ1v) is 8.07. The van der Waals surface area contributed by atoms with Crippen LogP contribution in [0.25, 0.3) is 0 Å². The third-order valence-corrected chi connectivity index (χ3v) is 4.33. The van der Waals surface area contributed by atoms with E-state index in [1.54, 1.807) is 0 Å². The lowest BCUT2D eigenvalue weighted by molar-refractivity contribution is -0.151. The van der Waals surface area contributed by atoms with Crippen LogP contribution in [0.3, 0.4) is 0 Å². The summed E-state index contributed by atoms with van der Waals surface area (Å²) in [4.78, 5) is 12.6. The van der Waals surface area contributed by atoms with Crippen LogP contribution in [-0.2, 0) is 26.3 Å². The Balaban J connectivity index is 2.29. The third-order valence-electron chi connectivity index (χ3n) is 4.33. The van der Waals surface area contributed by atoms with Gasteiger partial charge < -0.3 is 9.47 Å². The topological polar surface area (TPSA) is 35.5 Å². The molecular formula is C18H26O3. The molecule has 21 heavy (non-hydrogen) atoms. The highest BCUT2D eigenvalue weighted by Gasteiger charge is 2.42. The Hall–Kier alpha value is -1.35. The van der Waals surface area contributed by atoms with E-state index >= 15 is 0 Å². The maximum atomic E-state index is 12.6. The van der Waals surface area contributed by atoms with E-state index in [4.69, 9.17) is 9.47 Å². The standard InChI is InChI=1S/C18H26O3/c1-3-20-14-15-9-8-10-16(13-15)18(17(19)21-4-2)11-6-5-7-12-18/h8-10,13H,3-7,11-12,14H2,1-2H3. The van der Waals surface area contributed by atoms with Gasteiger partial charge in [0, 0.05) is 6.61 Å². The van der Waals surface area contributed by atoms with Crippen LogP contribution >= 0.6 is 0 Å². The van der Waals surface area contributed by atoms with Crippen molar-refractivity contribution < 1.29 is 14.3 Å². The highest BCUT2D eigenvalue weighted by molar-refractivity contribution is 5.83. The second kappa shape index (κ2) is 7.60. The molecule has 0 saturated heterocycles. The lowest BCUT2D eigenvalue weighted by Gasteiger charge is -2.35. The van der Waals surface area contributed by atoms with Gasteiger partial charge in [0.1, 0.15) is 0 Å². The molecule has 1 saturated carbocycles. The lowest BCUT2D eigenvalue weighted by Crippen LogP contribution is -2.39. The van der Waals surface area contributed by atoms with Gasteiger partial charge >= 0.3 is 5.97 Å². The smallest absolute Gasteiger partial charge is 0.316 e. The molecule has 0 aromatic heterocycles. The van der Waals surface area contributed by atoms with E-state index in [0.717, 1.165) is 36.8 Å². The summed E-state index contributed by atoms with van der Waals surface area (Å²) in [6.45, 7) is 5.61. The summed E-state index contributed by atoms with van der Waals surface area (Å²) in [6, 6.07) is 8.27. The number of esters is 1. The highest BCUT2D eigenvalue weighted by atomic mass is 16.5. The average molecular weight is 290 g/mol. The Morgan fingerprint density at radius 2 is 1.90 bits per heavy atom. The molecule has 1 fully saturated rings. The van der Waals surface area contributed by atoms with Gasteiger partial charge in [-0.15, -0.1) is 0 Å². The Bertz CT molecular complexity index is 461. The zero-order valence-electron chi connectivity index (χ0n) is 13.2. The van der Waals surface area contributed by atoms with Gasteiger partial charge in [-0.05, 0) is 37.8 Å². The fraction of sp³-hybridized carbons (Fsp3) is 0.611. The molecule has 3 nitrogen and oxygen atoms in total. The first-order valence-electron chi connectivity index (χ1n) is 8.07. The molecule has 1 aliphatic carbocycles. The second-order valence-electron chi connectivity index (χ2n) is 5.70. The summed E-state index contributed by atoms with van der Waals surface area (Å²) in [5.41, 5.74) is 1.78. The van der Waals surface area contributed by atoms with Crippen LogP contribution in [-0.4, -0.2) is 19.2 Å². The summed E-state index contributed by atoms with van der Waals surface area (Å²) >= 11 is 0. The Morgan fingerprint density at radius 1 is 1.14 bits per heavy atom. The molecule has 0 bridgehead atoms. The number of benzene rings is 1. The Kier molecular flexibility index (Phi) is 5.80. The summed E-state index contributed by atoms with van der Waals surface area (Å²) in [5, 5.41) is 0. The van der Waals surface area contributed by atoms with Gasteiger partial charge in [-0.3, -0.25) is 4.79 Å². The molecule has 0 amide bonds. The SMILES string of the molecule is CCOCc1cccc(C2(C(=O)OCC)CCCCC2)c1. The highest BCUT2D eigenvalue weighted by Crippen LogP contribution is 2.40. The van der Waals surface area contributed by atoms with E-state index in [2.05, 4.69) is 18.2 Å². The maximum absolute atomic E-state index is 12.6. The molecule has 1 aliphatic rings. The Labute approximate surface area is 127 Å². The van der Waals surface area contributed by atoms with Crippen molar-refractivity contribution in [1.82, 2.24) is 0 Å². The minimum atomic E-state index is -0.448. The Morgan fingerprint density at radius 3 is 2.57 bits per heavy atom. The summed E-state index contributed by atoms with van der Waals surface area (Å²) < 4.78 is 10.9. The number of rotatable bonds is 6. The minimum Gasteiger partial charge on any atom is -0.465 e. The van der Waals surface area contributed by atoms with Crippen molar-refractivity contribution >= 4 is 5.97 Å². The van der Waals surface area contributed by atoms with Crippen molar-refractivity contribution in [3.05, 3.63) is 35.4 Å². The number of carbonyl (C=O) groups is 1. The van der Waals surface area contributed by atoms with E-state index in [9.17, 15) is 4.79 Å². The second-order valence-corrected chi connectivity index (χ2v) is 5.70. The molecule has 0 radical (unpaired) electrons. The van der Waals surface area contributed by atoms with Gasteiger partial charge in [0.2, 0.25) is 0 Å². The molecule has 0 aliphatic heterocycles. The van der Waals surface area contributed by atoms with Crippen LogP contribution in [0.5, 0.6) is 0 Å². The molecule has 0 spiro atoms. The summed E-state index contributed by atoms with van der Waals surface area (Å²) in [5.74, 6) is -0.0572. The van der Waals surface area contributed by atoms with E-state index in [0.29, 0.717) is 19.8 Å². The number of ether oxygens (including phenoxy) is 2. The predicted molar refractivity (Wildman–Crippen MR) is 83.2 cm³/mol. The lowest BCUT2D eigenvalue weighted by atomic mass is 9.69. The van der Waals surface area contributed by atoms with Gasteiger partial charge in [0.15, 0.2) is 0 Å². The largest absolute Gasteiger partial charge is 0.465 e. The normalized spacial score (nSPS) is 17.4. The van der Waals surface area contributed by atoms with Crippen LogP contribution < -0.4 is 0 Å². The molecular weight excluding hydrogens is 264 g/mol. The third kappa shape index (κ3) is 3.65. The number of carbonyl (C=O) groups excluding carboxylic acids is 1. The van der Waals surface area contributed by atoms with Gasteiger partial charge in [0.25, 0.3) is 0 Å². The first-order chi connectivity index (χ1) is 10.2. The summed E-state index contributed by atoms with van der Waals surface area (Å²) in [6.07, 6.45) is 5.18. The maximum Gasteiger partial charge on any atom is 0.316 e. The van der Waals surface area contributed by atoms with Crippen molar-refractivity contribution in [2.45, 2.75) is 58.0 Å². The van der Waals surface area contributed by atoms with Gasteiger partial charge in [-0.2, -0.15) is 0 Å². The molecule has 3 heteroatoms. The monoisotopic (exact) mass is 290 g/mol. The fourth-order valence-electron chi connectivity index (χ4n) is 3.21. The van der Waals surface area contributed by atoms with Crippen molar-refractivity contribution in [3.8, 4) is 0 Å². The molecule has 0 heterocycles. The fourth-order valence-corrected chi connectivity index (χ4v) is 3.21. The molecule has 0 atom stereocenters. The van der Waals surface area contributed by atoms with E-state index < -0.39 is 5.41 Å². The van der Waals surface area contributed by atoms with Crippen LogP contribution in [0, 0.1) is 0 Å². The van der Waals surface area contributed by atoms with Gasteiger partial charge in [-0.1, -0.05) is 43.5 Å². The van der Waals surface area contributed by atoms with Crippen molar-refractivity contribution in [3.63, 3.8) is 0 Å². The van der Waals surface area contributed by atoms with Crippen molar-refractivity contribution in [2.75, 3.05) is 13.2 Å². The number of hydrogen-bond acceptors (Lipinski definition) is 3. The van der Waals surface area contributed by atoms with E-state index in [-0.39, 0.29) is 5.97 Å². The molecule has 0 N–H and O–H groups in total. The van der Waals surface area contributed by atoms with Crippen LogP contribution in [0.2, 0.25) is 0 Å². The molecule has 1 aromatic carbocycles. The predicted octanol–water partition coefficient (Wildman–Crippen LogP) is 3.99. The van der Waals surface area contributed by atoms with Crippen LogP contribution in [0.4, 0.5) is 0 Å². The summed E-state index contributed by atoms with van der Waals surface area (Å²) in [7, 11) is 0. The van der Waals surface area contributed by atoms with Crippen LogP contribution in [0.1, 0.15) is 57.1 Å². The average Bonchev–Trinajstić information content (AvgIpc) is 2.54. The molecule has 0 unspecified atom stereocenters. The van der Waals surface area contributed by atoms with E-state index in [1.807, 2.05) is 19.9 Å². The zero-order chi connectivity index (χ0) is 15.1. The van der Waals surface area contributed by atoms with E-state index in [1.165, 1.54) is 6.42 Å². The van der Waals surface area contributed by atoms with Crippen molar-refractivity contribution in [2.24, 2.45) is 0 Å². The molecule has 116 valence electrons. The quantitative estimate of drug-likeness (QED) is 0.743. The number of hydrogen-bond donors (Lipinski definition) is 0.